The summed E-state index contributed by atoms with van der Waals surface area (Å²) in [5.41, 5.74) is 7.82. The summed E-state index contributed by atoms with van der Waals surface area (Å²) in [6.07, 6.45) is 1.32. The number of rotatable bonds is 2. The number of fused-ring (bicyclic) bond motifs is 1. The molecule has 21 heavy (non-hydrogen) atoms. The lowest BCUT2D eigenvalue weighted by molar-refractivity contribution is 0.129. The van der Waals surface area contributed by atoms with Crippen molar-refractivity contribution >= 4 is 15.7 Å². The summed E-state index contributed by atoms with van der Waals surface area (Å²) >= 11 is 0. The number of benzene rings is 1. The van der Waals surface area contributed by atoms with Gasteiger partial charge in [-0.2, -0.15) is 4.31 Å². The van der Waals surface area contributed by atoms with Gasteiger partial charge in [0.05, 0.1) is 11.8 Å². The van der Waals surface area contributed by atoms with Crippen LogP contribution in [-0.4, -0.2) is 37.0 Å². The summed E-state index contributed by atoms with van der Waals surface area (Å²) < 4.78 is 27.4. The van der Waals surface area contributed by atoms with Crippen LogP contribution in [0.15, 0.2) is 17.0 Å². The van der Waals surface area contributed by atoms with Gasteiger partial charge in [0.1, 0.15) is 4.90 Å². The summed E-state index contributed by atoms with van der Waals surface area (Å²) in [4.78, 5) is 0.233. The smallest absolute Gasteiger partial charge is 0.245 e. The Balaban J connectivity index is 1.98. The lowest BCUT2D eigenvalue weighted by atomic mass is 10.00. The van der Waals surface area contributed by atoms with E-state index in [2.05, 4.69) is 0 Å². The minimum absolute atomic E-state index is 0.0751. The maximum Gasteiger partial charge on any atom is 0.245 e. The molecule has 116 valence electrons. The van der Waals surface area contributed by atoms with Gasteiger partial charge in [0.25, 0.3) is 0 Å². The van der Waals surface area contributed by atoms with Crippen LogP contribution >= 0.6 is 0 Å². The number of nitrogen functional groups attached to an aromatic ring is 1. The molecule has 1 aliphatic heterocycles. The molecule has 3 atom stereocenters. The van der Waals surface area contributed by atoms with Crippen molar-refractivity contribution in [3.05, 3.63) is 23.3 Å². The SMILES string of the molecule is Cc1ccc(C)c(S(=O)(=O)N2CC3CCC(O)C3C2)c1N. The van der Waals surface area contributed by atoms with Gasteiger partial charge in [0, 0.05) is 19.0 Å². The molecule has 3 rings (SSSR count). The highest BCUT2D eigenvalue weighted by Crippen LogP contribution is 2.41. The fourth-order valence-electron chi connectivity index (χ4n) is 3.67. The van der Waals surface area contributed by atoms with Crippen molar-refractivity contribution in [1.29, 1.82) is 0 Å². The highest BCUT2D eigenvalue weighted by atomic mass is 32.2. The molecule has 0 spiro atoms. The first-order valence-corrected chi connectivity index (χ1v) is 8.80. The Morgan fingerprint density at radius 1 is 1.19 bits per heavy atom. The van der Waals surface area contributed by atoms with Gasteiger partial charge in [-0.25, -0.2) is 8.42 Å². The average molecular weight is 310 g/mol. The predicted molar refractivity (Wildman–Crippen MR) is 81.3 cm³/mol. The number of nitrogens with zero attached hydrogens (tertiary/aromatic N) is 1. The lowest BCUT2D eigenvalue weighted by Gasteiger charge is -2.21. The van der Waals surface area contributed by atoms with E-state index in [4.69, 9.17) is 5.73 Å². The minimum Gasteiger partial charge on any atom is -0.397 e. The molecule has 0 bridgehead atoms. The van der Waals surface area contributed by atoms with Gasteiger partial charge in [-0.05, 0) is 43.7 Å². The standard InChI is InChI=1S/C15H22N2O3S/c1-9-3-4-10(2)15(14(9)16)21(19,20)17-7-11-5-6-13(18)12(11)8-17/h3-4,11-13,18H,5-8,16H2,1-2H3. The van der Waals surface area contributed by atoms with E-state index in [0.29, 0.717) is 24.3 Å². The first kappa shape index (κ1) is 14.8. The maximum atomic E-state index is 12.9. The third-order valence-corrected chi connectivity index (χ3v) is 7.03. The first-order valence-electron chi connectivity index (χ1n) is 7.36. The van der Waals surface area contributed by atoms with Crippen molar-refractivity contribution in [1.82, 2.24) is 4.31 Å². The van der Waals surface area contributed by atoms with Gasteiger partial charge >= 0.3 is 0 Å². The number of sulfonamides is 1. The topological polar surface area (TPSA) is 83.6 Å². The van der Waals surface area contributed by atoms with Crippen LogP contribution in [0.1, 0.15) is 24.0 Å². The number of aliphatic hydroxyl groups excluding tert-OH is 1. The zero-order valence-electron chi connectivity index (χ0n) is 12.4. The molecule has 1 saturated heterocycles. The van der Waals surface area contributed by atoms with Crippen molar-refractivity contribution in [3.63, 3.8) is 0 Å². The van der Waals surface area contributed by atoms with E-state index in [1.165, 1.54) is 4.31 Å². The molecule has 2 fully saturated rings. The van der Waals surface area contributed by atoms with Crippen LogP contribution in [0.2, 0.25) is 0 Å². The zero-order valence-corrected chi connectivity index (χ0v) is 13.2. The summed E-state index contributed by atoms with van der Waals surface area (Å²) in [6.45, 7) is 4.49. The van der Waals surface area contributed by atoms with Crippen LogP contribution in [0.25, 0.3) is 0 Å². The molecule has 0 aromatic heterocycles. The second-order valence-corrected chi connectivity index (χ2v) is 8.21. The van der Waals surface area contributed by atoms with Gasteiger partial charge in [-0.15, -0.1) is 0 Å². The van der Waals surface area contributed by atoms with Crippen LogP contribution in [0.3, 0.4) is 0 Å². The average Bonchev–Trinajstić information content (AvgIpc) is 2.97. The molecular weight excluding hydrogens is 288 g/mol. The number of anilines is 1. The van der Waals surface area contributed by atoms with Gasteiger partial charge in [-0.1, -0.05) is 12.1 Å². The van der Waals surface area contributed by atoms with Gasteiger partial charge in [0.2, 0.25) is 10.0 Å². The largest absolute Gasteiger partial charge is 0.397 e. The molecule has 1 aromatic carbocycles. The van der Waals surface area contributed by atoms with Crippen molar-refractivity contribution in [2.75, 3.05) is 18.8 Å². The van der Waals surface area contributed by atoms with Gasteiger partial charge in [-0.3, -0.25) is 0 Å². The van der Waals surface area contributed by atoms with Gasteiger partial charge < -0.3 is 10.8 Å². The maximum absolute atomic E-state index is 12.9. The second-order valence-electron chi connectivity index (χ2n) is 6.33. The molecule has 1 saturated carbocycles. The molecule has 6 heteroatoms. The predicted octanol–water partition coefficient (Wildman–Crippen LogP) is 1.28. The van der Waals surface area contributed by atoms with Crippen LogP contribution in [-0.2, 0) is 10.0 Å². The van der Waals surface area contributed by atoms with Crippen LogP contribution < -0.4 is 5.73 Å². The van der Waals surface area contributed by atoms with E-state index >= 15 is 0 Å². The van der Waals surface area contributed by atoms with E-state index in [9.17, 15) is 13.5 Å². The fourth-order valence-corrected chi connectivity index (χ4v) is 5.60. The second kappa shape index (κ2) is 4.97. The summed E-state index contributed by atoms with van der Waals surface area (Å²) in [6, 6.07) is 3.64. The molecule has 5 nitrogen and oxygen atoms in total. The van der Waals surface area contributed by atoms with E-state index < -0.39 is 10.0 Å². The number of aliphatic hydroxyl groups is 1. The molecule has 0 radical (unpaired) electrons. The number of aryl methyl sites for hydroxylation is 2. The Morgan fingerprint density at radius 2 is 1.86 bits per heavy atom. The quantitative estimate of drug-likeness (QED) is 0.806. The Morgan fingerprint density at radius 3 is 2.52 bits per heavy atom. The molecule has 1 aromatic rings. The molecular formula is C15H22N2O3S. The minimum atomic E-state index is -3.59. The van der Waals surface area contributed by atoms with Crippen molar-refractivity contribution in [2.45, 2.75) is 37.7 Å². The van der Waals surface area contributed by atoms with E-state index in [1.54, 1.807) is 13.0 Å². The lowest BCUT2D eigenvalue weighted by Crippen LogP contribution is -2.32. The van der Waals surface area contributed by atoms with Crippen molar-refractivity contribution in [3.8, 4) is 0 Å². The molecule has 2 aliphatic rings. The number of hydrogen-bond donors (Lipinski definition) is 2. The molecule has 0 amide bonds. The Hall–Kier alpha value is -1.11. The molecule has 3 unspecified atom stereocenters. The highest BCUT2D eigenvalue weighted by molar-refractivity contribution is 7.89. The summed E-state index contributed by atoms with van der Waals surface area (Å²) in [5, 5.41) is 9.96. The first-order chi connectivity index (χ1) is 9.82. The monoisotopic (exact) mass is 310 g/mol. The fraction of sp³-hybridized carbons (Fsp3) is 0.600. The molecule has 1 heterocycles. The van der Waals surface area contributed by atoms with Gasteiger partial charge in [0.15, 0.2) is 0 Å². The van der Waals surface area contributed by atoms with Crippen LogP contribution in [0.4, 0.5) is 5.69 Å². The van der Waals surface area contributed by atoms with Crippen LogP contribution in [0.5, 0.6) is 0 Å². The van der Waals surface area contributed by atoms with E-state index in [0.717, 1.165) is 18.4 Å². The highest BCUT2D eigenvalue weighted by Gasteiger charge is 2.46. The third kappa shape index (κ3) is 2.25. The van der Waals surface area contributed by atoms with Crippen molar-refractivity contribution < 1.29 is 13.5 Å². The Bertz CT molecular complexity index is 672. The summed E-state index contributed by atoms with van der Waals surface area (Å²) in [7, 11) is -3.59. The normalized spacial score (nSPS) is 29.8. The third-order valence-electron chi connectivity index (χ3n) is 4.99. The van der Waals surface area contributed by atoms with E-state index in [-0.39, 0.29) is 22.8 Å². The Kier molecular flexibility index (Phi) is 3.50. The number of hydrogen-bond acceptors (Lipinski definition) is 4. The molecule has 1 aliphatic carbocycles. The zero-order chi connectivity index (χ0) is 15.4. The van der Waals surface area contributed by atoms with Crippen molar-refractivity contribution in [2.24, 2.45) is 11.8 Å². The van der Waals surface area contributed by atoms with Crippen LogP contribution in [0, 0.1) is 25.7 Å². The number of nitrogens with two attached hydrogens (primary N) is 1. The Labute approximate surface area is 125 Å². The molecule has 3 N–H and O–H groups in total. The summed E-state index contributed by atoms with van der Waals surface area (Å²) in [5.74, 6) is 0.354. The van der Waals surface area contributed by atoms with E-state index in [1.807, 2.05) is 13.0 Å².